The van der Waals surface area contributed by atoms with Crippen LogP contribution in [0.2, 0.25) is 10.0 Å². The molecule has 3 atom stereocenters. The van der Waals surface area contributed by atoms with Crippen LogP contribution in [-0.4, -0.2) is 60.6 Å². The second-order valence-electron chi connectivity index (χ2n) is 11.3. The summed E-state index contributed by atoms with van der Waals surface area (Å²) >= 11 is 12.3. The number of amides is 2. The summed E-state index contributed by atoms with van der Waals surface area (Å²) in [6.07, 6.45) is 2.66. The molecule has 1 aliphatic heterocycles. The first-order valence-electron chi connectivity index (χ1n) is 13.9. The number of nitrogens with one attached hydrogen (secondary N) is 1. The maximum atomic E-state index is 14.1. The summed E-state index contributed by atoms with van der Waals surface area (Å²) in [4.78, 5) is 54.5. The molecule has 2 amide bonds. The predicted octanol–water partition coefficient (Wildman–Crippen LogP) is 4.30. The number of likely N-dealkylation sites (tertiary alicyclic amines) is 1. The number of carbonyl (C=O) groups is 4. The molecular weight excluding hydrogens is 587 g/mol. The van der Waals surface area contributed by atoms with Gasteiger partial charge in [-0.25, -0.2) is 8.42 Å². The van der Waals surface area contributed by atoms with E-state index in [4.69, 9.17) is 23.2 Å². The quantitative estimate of drug-likeness (QED) is 0.375. The summed E-state index contributed by atoms with van der Waals surface area (Å²) in [5.74, 6) is -2.97. The Bertz CT molecular complexity index is 1480. The average Bonchev–Trinajstić information content (AvgIpc) is 3.89. The molecule has 3 aliphatic rings. The minimum absolute atomic E-state index is 0.000905. The molecule has 5 rings (SSSR count). The maximum absolute atomic E-state index is 14.1. The average molecular weight is 620 g/mol. The molecule has 2 aromatic carbocycles. The monoisotopic (exact) mass is 618 g/mol. The van der Waals surface area contributed by atoms with Crippen molar-refractivity contribution in [3.8, 4) is 0 Å². The maximum Gasteiger partial charge on any atom is 0.287 e. The van der Waals surface area contributed by atoms with Crippen LogP contribution in [0.5, 0.6) is 0 Å². The van der Waals surface area contributed by atoms with Crippen molar-refractivity contribution in [2.45, 2.75) is 79.5 Å². The van der Waals surface area contributed by atoms with Gasteiger partial charge >= 0.3 is 0 Å². The molecule has 0 aromatic heterocycles. The highest BCUT2D eigenvalue weighted by atomic mass is 35.5. The third kappa shape index (κ3) is 5.94. The fourth-order valence-corrected chi connectivity index (χ4v) is 8.02. The summed E-state index contributed by atoms with van der Waals surface area (Å²) < 4.78 is 27.4. The summed E-state index contributed by atoms with van der Waals surface area (Å²) in [6, 6.07) is 12.0. The van der Waals surface area contributed by atoms with Crippen LogP contribution >= 0.6 is 23.2 Å². The van der Waals surface area contributed by atoms with Crippen LogP contribution in [0, 0.1) is 5.92 Å². The topological polar surface area (TPSA) is 118 Å². The first-order valence-corrected chi connectivity index (χ1v) is 16.2. The van der Waals surface area contributed by atoms with E-state index in [0.29, 0.717) is 17.9 Å². The van der Waals surface area contributed by atoms with Gasteiger partial charge in [0.25, 0.3) is 5.91 Å². The van der Waals surface area contributed by atoms with Crippen LogP contribution in [-0.2, 0) is 34.4 Å². The van der Waals surface area contributed by atoms with E-state index in [1.165, 1.54) is 17.0 Å². The Morgan fingerprint density at radius 2 is 1.68 bits per heavy atom. The number of nitrogens with zero attached hydrogens (tertiary/aromatic N) is 1. The summed E-state index contributed by atoms with van der Waals surface area (Å²) in [5.41, 5.74) is -0.107. The molecule has 8 nitrogen and oxygen atoms in total. The molecule has 218 valence electrons. The molecule has 2 aromatic rings. The number of Topliss-reactive ketones (excluding diaryl/α,β-unsaturated/α-hetero) is 2. The van der Waals surface area contributed by atoms with E-state index < -0.39 is 49.9 Å². The lowest BCUT2D eigenvalue weighted by molar-refractivity contribution is -0.143. The fraction of sp³-hybridized carbons (Fsp3) is 0.467. The van der Waals surface area contributed by atoms with Gasteiger partial charge in [0.2, 0.25) is 11.7 Å². The van der Waals surface area contributed by atoms with Gasteiger partial charge in [-0.3, -0.25) is 19.2 Å². The zero-order valence-corrected chi connectivity index (χ0v) is 25.0. The van der Waals surface area contributed by atoms with Gasteiger partial charge in [0.05, 0.1) is 26.6 Å². The normalized spacial score (nSPS) is 22.2. The first kappa shape index (κ1) is 29.7. The molecule has 1 saturated heterocycles. The number of ketones is 2. The Morgan fingerprint density at radius 3 is 2.27 bits per heavy atom. The molecule has 3 fully saturated rings. The summed E-state index contributed by atoms with van der Waals surface area (Å²) in [6.45, 7) is 1.55. The van der Waals surface area contributed by atoms with Gasteiger partial charge in [-0.1, -0.05) is 54.4 Å². The van der Waals surface area contributed by atoms with Gasteiger partial charge in [-0.2, -0.15) is 0 Å². The van der Waals surface area contributed by atoms with Crippen molar-refractivity contribution in [3.05, 3.63) is 64.1 Å². The van der Waals surface area contributed by atoms with Crippen molar-refractivity contribution in [2.75, 3.05) is 6.54 Å². The van der Waals surface area contributed by atoms with Gasteiger partial charge in [0, 0.05) is 29.9 Å². The van der Waals surface area contributed by atoms with Crippen molar-refractivity contribution in [2.24, 2.45) is 5.92 Å². The Kier molecular flexibility index (Phi) is 8.34. The Morgan fingerprint density at radius 1 is 1.02 bits per heavy atom. The third-order valence-electron chi connectivity index (χ3n) is 8.48. The van der Waals surface area contributed by atoms with Crippen molar-refractivity contribution >= 4 is 56.4 Å². The smallest absolute Gasteiger partial charge is 0.287 e. The highest BCUT2D eigenvalue weighted by Gasteiger charge is 2.57. The van der Waals surface area contributed by atoms with Crippen molar-refractivity contribution in [3.63, 3.8) is 0 Å². The van der Waals surface area contributed by atoms with Crippen LogP contribution in [0.15, 0.2) is 53.4 Å². The molecule has 0 unspecified atom stereocenters. The SMILES string of the molecule is CC[C@H](CC(=O)[C@@H]1C[C@@H](S(=O)(=O)c2ccccc2Cl)CN1C(=O)C1(c2ccc(Cl)cc2)CC1)C(=O)C(=O)NC1CC1. The van der Waals surface area contributed by atoms with Gasteiger partial charge in [0.15, 0.2) is 15.6 Å². The van der Waals surface area contributed by atoms with E-state index in [0.717, 1.165) is 18.4 Å². The predicted molar refractivity (Wildman–Crippen MR) is 154 cm³/mol. The van der Waals surface area contributed by atoms with Gasteiger partial charge in [-0.05, 0) is 68.4 Å². The van der Waals surface area contributed by atoms with Crippen molar-refractivity contribution < 1.29 is 27.6 Å². The highest BCUT2D eigenvalue weighted by Crippen LogP contribution is 2.51. The van der Waals surface area contributed by atoms with E-state index in [1.807, 2.05) is 0 Å². The second kappa shape index (κ2) is 11.5. The molecule has 11 heteroatoms. The Labute approximate surface area is 249 Å². The number of sulfone groups is 1. The van der Waals surface area contributed by atoms with Crippen LogP contribution in [0.3, 0.4) is 0 Å². The van der Waals surface area contributed by atoms with E-state index >= 15 is 0 Å². The molecule has 1 N–H and O–H groups in total. The lowest BCUT2D eigenvalue weighted by atomic mass is 9.90. The molecular formula is C30H32Cl2N2O6S. The zero-order chi connectivity index (χ0) is 29.5. The highest BCUT2D eigenvalue weighted by molar-refractivity contribution is 7.92. The van der Waals surface area contributed by atoms with E-state index in [9.17, 15) is 27.6 Å². The number of hydrogen-bond acceptors (Lipinski definition) is 6. The van der Waals surface area contributed by atoms with Crippen LogP contribution in [0.4, 0.5) is 0 Å². The van der Waals surface area contributed by atoms with Crippen LogP contribution in [0.1, 0.15) is 57.4 Å². The molecule has 1 heterocycles. The summed E-state index contributed by atoms with van der Waals surface area (Å²) in [5, 5.41) is 2.21. The molecule has 0 spiro atoms. The molecule has 2 aliphatic carbocycles. The largest absolute Gasteiger partial charge is 0.347 e. The van der Waals surface area contributed by atoms with Gasteiger partial charge in [0.1, 0.15) is 0 Å². The molecule has 2 saturated carbocycles. The number of hydrogen-bond donors (Lipinski definition) is 1. The van der Waals surface area contributed by atoms with Crippen LogP contribution in [0.25, 0.3) is 0 Å². The number of carbonyl (C=O) groups excluding carboxylic acids is 4. The molecule has 0 radical (unpaired) electrons. The fourth-order valence-electron chi connectivity index (χ4n) is 5.67. The van der Waals surface area contributed by atoms with E-state index in [1.54, 1.807) is 43.3 Å². The second-order valence-corrected chi connectivity index (χ2v) is 14.3. The Hall–Kier alpha value is -2.75. The number of benzene rings is 2. The summed E-state index contributed by atoms with van der Waals surface area (Å²) in [7, 11) is -3.99. The van der Waals surface area contributed by atoms with Crippen LogP contribution < -0.4 is 5.32 Å². The van der Waals surface area contributed by atoms with Crippen molar-refractivity contribution in [1.82, 2.24) is 10.2 Å². The lowest BCUT2D eigenvalue weighted by Gasteiger charge is -2.29. The van der Waals surface area contributed by atoms with Crippen molar-refractivity contribution in [1.29, 1.82) is 0 Å². The molecule has 41 heavy (non-hydrogen) atoms. The Balaban J connectivity index is 1.43. The van der Waals surface area contributed by atoms with E-state index in [-0.39, 0.29) is 47.7 Å². The molecule has 0 bridgehead atoms. The third-order valence-corrected chi connectivity index (χ3v) is 11.4. The first-order chi connectivity index (χ1) is 19.5. The number of rotatable bonds is 11. The minimum Gasteiger partial charge on any atom is -0.347 e. The zero-order valence-electron chi connectivity index (χ0n) is 22.6. The van der Waals surface area contributed by atoms with Gasteiger partial charge in [-0.15, -0.1) is 0 Å². The lowest BCUT2D eigenvalue weighted by Crippen LogP contribution is -2.47. The standard InChI is InChI=1S/C30H32Cl2N2O6S/c1-2-18(27(36)28(37)33-21-11-12-21)15-25(35)24-16-22(41(39,40)26-6-4-3-5-23(26)32)17-34(24)29(38)30(13-14-30)19-7-9-20(31)10-8-19/h3-10,18,21-22,24H,2,11-17H2,1H3,(H,33,37)/t18-,22-,24+/m1/s1. The van der Waals surface area contributed by atoms with E-state index in [2.05, 4.69) is 5.32 Å². The van der Waals surface area contributed by atoms with Gasteiger partial charge < -0.3 is 10.2 Å². The minimum atomic E-state index is -3.99. The number of halogens is 2.